The molecule has 1 heterocycles. The molecule has 22 heavy (non-hydrogen) atoms. The Morgan fingerprint density at radius 3 is 2.77 bits per heavy atom. The average Bonchev–Trinajstić information content (AvgIpc) is 2.95. The second kappa shape index (κ2) is 5.85. The highest BCUT2D eigenvalue weighted by Crippen LogP contribution is 2.20. The molecule has 3 aromatic rings. The van der Waals surface area contributed by atoms with Gasteiger partial charge in [0.15, 0.2) is 0 Å². The molecule has 2 aromatic carbocycles. The molecular weight excluding hydrogens is 278 g/mol. The molecule has 0 atom stereocenters. The average molecular weight is 293 g/mol. The summed E-state index contributed by atoms with van der Waals surface area (Å²) in [7, 11) is 1.38. The number of carbonyl (C=O) groups is 2. The van der Waals surface area contributed by atoms with Gasteiger partial charge in [0.2, 0.25) is 0 Å². The summed E-state index contributed by atoms with van der Waals surface area (Å²) in [5, 5.41) is 1.04. The second-order valence-corrected chi connectivity index (χ2v) is 5.08. The highest BCUT2D eigenvalue weighted by atomic mass is 16.5. The van der Waals surface area contributed by atoms with Crippen LogP contribution in [0.2, 0.25) is 0 Å². The molecule has 3 rings (SSSR count). The van der Waals surface area contributed by atoms with Crippen molar-refractivity contribution in [2.45, 2.75) is 6.42 Å². The van der Waals surface area contributed by atoms with Crippen LogP contribution in [0.4, 0.5) is 0 Å². The fourth-order valence-corrected chi connectivity index (χ4v) is 2.56. The Balaban J connectivity index is 1.96. The van der Waals surface area contributed by atoms with Crippen molar-refractivity contribution in [3.63, 3.8) is 0 Å². The molecule has 0 saturated carbocycles. The van der Waals surface area contributed by atoms with E-state index in [9.17, 15) is 9.59 Å². The normalized spacial score (nSPS) is 10.6. The van der Waals surface area contributed by atoms with Crippen LogP contribution in [0.5, 0.6) is 0 Å². The molecule has 1 N–H and O–H groups in total. The molecule has 0 fully saturated rings. The van der Waals surface area contributed by atoms with E-state index < -0.39 is 0 Å². The molecule has 0 aliphatic heterocycles. The number of carbonyl (C=O) groups excluding carboxylic acids is 2. The number of ether oxygens (including phenoxy) is 1. The number of hydrogen-bond acceptors (Lipinski definition) is 3. The maximum Gasteiger partial charge on any atom is 0.338 e. The van der Waals surface area contributed by atoms with Crippen molar-refractivity contribution in [2.75, 3.05) is 7.11 Å². The standard InChI is InChI=1S/C18H15NO3/c1-22-18(21)16-5-3-2-4-13(16)9-15-10-14-7-6-12(11-20)8-17(14)19-15/h2-8,10-11,19H,9H2,1H3. The molecule has 0 spiro atoms. The second-order valence-electron chi connectivity index (χ2n) is 5.08. The number of H-pyrrole nitrogens is 1. The fourth-order valence-electron chi connectivity index (χ4n) is 2.56. The number of aromatic amines is 1. The van der Waals surface area contributed by atoms with Gasteiger partial charge in [-0.1, -0.05) is 30.3 Å². The summed E-state index contributed by atoms with van der Waals surface area (Å²) in [6.07, 6.45) is 1.42. The number of rotatable bonds is 4. The van der Waals surface area contributed by atoms with Crippen LogP contribution in [0.15, 0.2) is 48.5 Å². The Hall–Kier alpha value is -2.88. The van der Waals surface area contributed by atoms with Crippen molar-refractivity contribution in [3.8, 4) is 0 Å². The smallest absolute Gasteiger partial charge is 0.338 e. The van der Waals surface area contributed by atoms with Crippen LogP contribution in [0.25, 0.3) is 10.9 Å². The van der Waals surface area contributed by atoms with E-state index >= 15 is 0 Å². The number of aromatic nitrogens is 1. The molecule has 4 nitrogen and oxygen atoms in total. The van der Waals surface area contributed by atoms with Crippen molar-refractivity contribution in [2.24, 2.45) is 0 Å². The van der Waals surface area contributed by atoms with Crippen LogP contribution in [-0.2, 0) is 11.2 Å². The Morgan fingerprint density at radius 2 is 2.00 bits per heavy atom. The summed E-state index contributed by atoms with van der Waals surface area (Å²) in [6.45, 7) is 0. The zero-order valence-corrected chi connectivity index (χ0v) is 12.1. The molecule has 0 unspecified atom stereocenters. The summed E-state index contributed by atoms with van der Waals surface area (Å²) in [5.74, 6) is -0.338. The number of fused-ring (bicyclic) bond motifs is 1. The number of nitrogens with one attached hydrogen (secondary N) is 1. The molecule has 110 valence electrons. The lowest BCUT2D eigenvalue weighted by Gasteiger charge is -2.06. The minimum atomic E-state index is -0.338. The summed E-state index contributed by atoms with van der Waals surface area (Å²) >= 11 is 0. The van der Waals surface area contributed by atoms with Crippen LogP contribution in [-0.4, -0.2) is 24.3 Å². The van der Waals surface area contributed by atoms with E-state index in [1.807, 2.05) is 36.4 Å². The number of esters is 1. The number of aldehydes is 1. The molecule has 0 radical (unpaired) electrons. The zero-order chi connectivity index (χ0) is 15.5. The summed E-state index contributed by atoms with van der Waals surface area (Å²) in [6, 6.07) is 14.9. The summed E-state index contributed by atoms with van der Waals surface area (Å²) in [4.78, 5) is 25.9. The summed E-state index contributed by atoms with van der Waals surface area (Å²) in [5.41, 5.74) is 3.99. The van der Waals surface area contributed by atoms with Gasteiger partial charge >= 0.3 is 5.97 Å². The zero-order valence-electron chi connectivity index (χ0n) is 12.1. The molecule has 1 aromatic heterocycles. The SMILES string of the molecule is COC(=O)c1ccccc1Cc1cc2ccc(C=O)cc2[nH]1. The molecular formula is C18H15NO3. The Labute approximate surface area is 127 Å². The molecule has 4 heteroatoms. The van der Waals surface area contributed by atoms with Gasteiger partial charge in [-0.2, -0.15) is 0 Å². The first-order valence-corrected chi connectivity index (χ1v) is 6.94. The number of hydrogen-bond donors (Lipinski definition) is 1. The Kier molecular flexibility index (Phi) is 3.74. The molecule has 0 aliphatic rings. The van der Waals surface area contributed by atoms with Gasteiger partial charge in [0.25, 0.3) is 0 Å². The van der Waals surface area contributed by atoms with Crippen LogP contribution in [0.3, 0.4) is 0 Å². The van der Waals surface area contributed by atoms with Crippen molar-refractivity contribution in [1.29, 1.82) is 0 Å². The maximum atomic E-state index is 11.8. The van der Waals surface area contributed by atoms with Crippen molar-refractivity contribution in [3.05, 3.63) is 70.9 Å². The van der Waals surface area contributed by atoms with Gasteiger partial charge in [-0.05, 0) is 29.1 Å². The van der Waals surface area contributed by atoms with Crippen LogP contribution >= 0.6 is 0 Å². The highest BCUT2D eigenvalue weighted by Gasteiger charge is 2.12. The monoisotopic (exact) mass is 293 g/mol. The lowest BCUT2D eigenvalue weighted by Crippen LogP contribution is -2.06. The maximum absolute atomic E-state index is 11.8. The Morgan fingerprint density at radius 1 is 1.18 bits per heavy atom. The molecule has 0 amide bonds. The first-order valence-electron chi connectivity index (χ1n) is 6.94. The third kappa shape index (κ3) is 2.63. The Bertz CT molecular complexity index is 848. The molecule has 0 aliphatic carbocycles. The van der Waals surface area contributed by atoms with Gasteiger partial charge in [-0.3, -0.25) is 4.79 Å². The van der Waals surface area contributed by atoms with Gasteiger partial charge < -0.3 is 9.72 Å². The predicted molar refractivity (Wildman–Crippen MR) is 84.3 cm³/mol. The molecule has 0 saturated heterocycles. The quantitative estimate of drug-likeness (QED) is 0.592. The minimum absolute atomic E-state index is 0.338. The van der Waals surface area contributed by atoms with Crippen molar-refractivity contribution < 1.29 is 14.3 Å². The molecule has 0 bridgehead atoms. The first kappa shape index (κ1) is 14.1. The van der Waals surface area contributed by atoms with E-state index in [1.54, 1.807) is 12.1 Å². The topological polar surface area (TPSA) is 59.2 Å². The number of benzene rings is 2. The van der Waals surface area contributed by atoms with E-state index in [2.05, 4.69) is 4.98 Å². The number of methoxy groups -OCH3 is 1. The largest absolute Gasteiger partial charge is 0.465 e. The van der Waals surface area contributed by atoms with Crippen LogP contribution in [0.1, 0.15) is 32.0 Å². The lowest BCUT2D eigenvalue weighted by atomic mass is 10.0. The van der Waals surface area contributed by atoms with E-state index in [0.717, 1.165) is 28.4 Å². The van der Waals surface area contributed by atoms with Crippen molar-refractivity contribution >= 4 is 23.2 Å². The highest BCUT2D eigenvalue weighted by molar-refractivity contribution is 5.91. The van der Waals surface area contributed by atoms with E-state index in [0.29, 0.717) is 17.5 Å². The van der Waals surface area contributed by atoms with Crippen LogP contribution < -0.4 is 0 Å². The van der Waals surface area contributed by atoms with E-state index in [4.69, 9.17) is 4.74 Å². The lowest BCUT2D eigenvalue weighted by molar-refractivity contribution is 0.0599. The van der Waals surface area contributed by atoms with Gasteiger partial charge in [-0.15, -0.1) is 0 Å². The van der Waals surface area contributed by atoms with Gasteiger partial charge in [-0.25, -0.2) is 4.79 Å². The predicted octanol–water partition coefficient (Wildman–Crippen LogP) is 3.36. The van der Waals surface area contributed by atoms with Gasteiger partial charge in [0.1, 0.15) is 6.29 Å². The minimum Gasteiger partial charge on any atom is -0.465 e. The van der Waals surface area contributed by atoms with Crippen molar-refractivity contribution in [1.82, 2.24) is 4.98 Å². The third-order valence-electron chi connectivity index (χ3n) is 3.64. The van der Waals surface area contributed by atoms with E-state index in [1.165, 1.54) is 7.11 Å². The van der Waals surface area contributed by atoms with Gasteiger partial charge in [0, 0.05) is 23.2 Å². The van der Waals surface area contributed by atoms with E-state index in [-0.39, 0.29) is 5.97 Å². The fraction of sp³-hybridized carbons (Fsp3) is 0.111. The third-order valence-corrected chi connectivity index (χ3v) is 3.64. The summed E-state index contributed by atoms with van der Waals surface area (Å²) < 4.78 is 4.82. The van der Waals surface area contributed by atoms with Gasteiger partial charge in [0.05, 0.1) is 12.7 Å². The van der Waals surface area contributed by atoms with Crippen LogP contribution in [0, 0.1) is 0 Å². The first-order chi connectivity index (χ1) is 10.7.